The van der Waals surface area contributed by atoms with Crippen LogP contribution in [0.15, 0.2) is 24.4 Å². The Bertz CT molecular complexity index is 299. The van der Waals surface area contributed by atoms with Crippen LogP contribution in [0.1, 0.15) is 24.6 Å². The maximum atomic E-state index is 9.77. The minimum Gasteiger partial charge on any atom is -0.393 e. The number of rotatable bonds is 4. The van der Waals surface area contributed by atoms with Crippen molar-refractivity contribution in [3.63, 3.8) is 0 Å². The fraction of sp³-hybridized carbons (Fsp3) is 0.545. The van der Waals surface area contributed by atoms with Crippen LogP contribution in [0.4, 0.5) is 0 Å². The molecule has 15 heavy (non-hydrogen) atoms. The first-order chi connectivity index (χ1) is 7.25. The maximum absolute atomic E-state index is 9.77. The van der Waals surface area contributed by atoms with Gasteiger partial charge in [0, 0.05) is 18.8 Å². The van der Waals surface area contributed by atoms with Crippen molar-refractivity contribution < 1.29 is 10.2 Å². The number of aliphatic hydroxyl groups excluding tert-OH is 2. The molecule has 82 valence electrons. The third-order valence-corrected chi connectivity index (χ3v) is 2.74. The molecule has 0 saturated heterocycles. The van der Waals surface area contributed by atoms with E-state index in [9.17, 15) is 5.11 Å². The Morgan fingerprint density at radius 3 is 2.87 bits per heavy atom. The van der Waals surface area contributed by atoms with Crippen molar-refractivity contribution in [3.8, 4) is 0 Å². The maximum Gasteiger partial charge on any atom is 0.108 e. The number of pyridine rings is 1. The van der Waals surface area contributed by atoms with Gasteiger partial charge in [-0.05, 0) is 25.0 Å². The molecule has 4 nitrogen and oxygen atoms in total. The number of aromatic nitrogens is 1. The van der Waals surface area contributed by atoms with Gasteiger partial charge in [0.1, 0.15) is 6.10 Å². The second kappa shape index (κ2) is 4.70. The van der Waals surface area contributed by atoms with Gasteiger partial charge in [-0.1, -0.05) is 6.07 Å². The van der Waals surface area contributed by atoms with E-state index in [0.717, 1.165) is 12.8 Å². The highest BCUT2D eigenvalue weighted by molar-refractivity contribution is 5.07. The monoisotopic (exact) mass is 208 g/mol. The molecule has 1 aromatic rings. The molecule has 3 N–H and O–H groups in total. The van der Waals surface area contributed by atoms with E-state index in [4.69, 9.17) is 5.11 Å². The lowest BCUT2D eigenvalue weighted by Crippen LogP contribution is -2.45. The molecular weight excluding hydrogens is 192 g/mol. The normalized spacial score (nSPS) is 27.1. The topological polar surface area (TPSA) is 65.4 Å². The van der Waals surface area contributed by atoms with E-state index in [1.165, 1.54) is 0 Å². The molecular formula is C11H16N2O2. The van der Waals surface area contributed by atoms with E-state index in [-0.39, 0.29) is 6.10 Å². The van der Waals surface area contributed by atoms with Crippen LogP contribution in [-0.2, 0) is 0 Å². The van der Waals surface area contributed by atoms with Crippen LogP contribution in [0.5, 0.6) is 0 Å². The first kappa shape index (κ1) is 10.5. The van der Waals surface area contributed by atoms with E-state index in [1.807, 2.05) is 18.2 Å². The van der Waals surface area contributed by atoms with Gasteiger partial charge in [0.2, 0.25) is 0 Å². The Kier molecular flexibility index (Phi) is 3.30. The zero-order chi connectivity index (χ0) is 10.7. The molecule has 0 aliphatic heterocycles. The van der Waals surface area contributed by atoms with Crippen LogP contribution in [0, 0.1) is 0 Å². The first-order valence-corrected chi connectivity index (χ1v) is 5.26. The summed E-state index contributed by atoms with van der Waals surface area (Å²) in [6.45, 7) is 0.494. The molecule has 0 aromatic carbocycles. The summed E-state index contributed by atoms with van der Waals surface area (Å²) in [5, 5.41) is 22.1. The largest absolute Gasteiger partial charge is 0.393 e. The predicted octanol–water partition coefficient (Wildman–Crippen LogP) is 0.228. The fourth-order valence-electron chi connectivity index (χ4n) is 1.71. The fourth-order valence-corrected chi connectivity index (χ4v) is 1.71. The summed E-state index contributed by atoms with van der Waals surface area (Å²) in [7, 11) is 0. The van der Waals surface area contributed by atoms with Gasteiger partial charge in [-0.3, -0.25) is 4.98 Å². The van der Waals surface area contributed by atoms with Gasteiger partial charge in [-0.25, -0.2) is 0 Å². The molecule has 1 saturated carbocycles. The summed E-state index contributed by atoms with van der Waals surface area (Å²) in [6.07, 6.45) is 2.52. The van der Waals surface area contributed by atoms with Crippen molar-refractivity contribution in [2.24, 2.45) is 0 Å². The molecule has 1 aliphatic carbocycles. The van der Waals surface area contributed by atoms with E-state index in [0.29, 0.717) is 18.3 Å². The highest BCUT2D eigenvalue weighted by Gasteiger charge is 2.27. The van der Waals surface area contributed by atoms with Crippen molar-refractivity contribution in [1.82, 2.24) is 10.3 Å². The van der Waals surface area contributed by atoms with E-state index >= 15 is 0 Å². The van der Waals surface area contributed by atoms with Crippen LogP contribution in [-0.4, -0.2) is 33.9 Å². The minimum atomic E-state index is -0.566. The number of nitrogens with one attached hydrogen (secondary N) is 1. The standard InChI is InChI=1S/C11H16N2O2/c14-9-5-8(6-9)13-7-11(15)10-3-1-2-4-12-10/h1-4,8-9,11,13-15H,5-7H2. The zero-order valence-corrected chi connectivity index (χ0v) is 8.50. The third-order valence-electron chi connectivity index (χ3n) is 2.74. The van der Waals surface area contributed by atoms with Gasteiger partial charge in [0.25, 0.3) is 0 Å². The summed E-state index contributed by atoms with van der Waals surface area (Å²) in [4.78, 5) is 4.08. The number of hydrogen-bond donors (Lipinski definition) is 3. The third kappa shape index (κ3) is 2.75. The Morgan fingerprint density at radius 2 is 2.27 bits per heavy atom. The molecule has 4 heteroatoms. The van der Waals surface area contributed by atoms with Crippen molar-refractivity contribution in [3.05, 3.63) is 30.1 Å². The smallest absolute Gasteiger partial charge is 0.108 e. The Hall–Kier alpha value is -0.970. The minimum absolute atomic E-state index is 0.158. The number of nitrogens with zero attached hydrogens (tertiary/aromatic N) is 1. The van der Waals surface area contributed by atoms with E-state index < -0.39 is 6.10 Å². The van der Waals surface area contributed by atoms with Crippen molar-refractivity contribution in [2.75, 3.05) is 6.54 Å². The molecule has 1 aromatic heterocycles. The summed E-state index contributed by atoms with van der Waals surface area (Å²) >= 11 is 0. The molecule has 1 atom stereocenters. The second-order valence-electron chi connectivity index (χ2n) is 4.00. The summed E-state index contributed by atoms with van der Waals surface area (Å²) in [5.41, 5.74) is 0.685. The van der Waals surface area contributed by atoms with Gasteiger partial charge in [0.15, 0.2) is 0 Å². The van der Waals surface area contributed by atoms with Gasteiger partial charge in [0.05, 0.1) is 11.8 Å². The molecule has 1 heterocycles. The molecule has 0 bridgehead atoms. The van der Waals surface area contributed by atoms with Gasteiger partial charge >= 0.3 is 0 Å². The highest BCUT2D eigenvalue weighted by atomic mass is 16.3. The molecule has 2 rings (SSSR count). The quantitative estimate of drug-likeness (QED) is 0.662. The molecule has 1 unspecified atom stereocenters. The lowest BCUT2D eigenvalue weighted by Gasteiger charge is -2.32. The SMILES string of the molecule is OC1CC(NCC(O)c2ccccn2)C1. The lowest BCUT2D eigenvalue weighted by molar-refractivity contribution is 0.0547. The molecule has 1 fully saturated rings. The summed E-state index contributed by atoms with van der Waals surface area (Å²) in [5.74, 6) is 0. The Labute approximate surface area is 89.0 Å². The van der Waals surface area contributed by atoms with E-state index in [2.05, 4.69) is 10.3 Å². The highest BCUT2D eigenvalue weighted by Crippen LogP contribution is 2.20. The van der Waals surface area contributed by atoms with Crippen LogP contribution in [0.2, 0.25) is 0 Å². The van der Waals surface area contributed by atoms with Gasteiger partial charge in [-0.2, -0.15) is 0 Å². The van der Waals surface area contributed by atoms with Crippen LogP contribution in [0.3, 0.4) is 0 Å². The van der Waals surface area contributed by atoms with Crippen LogP contribution >= 0.6 is 0 Å². The van der Waals surface area contributed by atoms with E-state index in [1.54, 1.807) is 6.20 Å². The Morgan fingerprint density at radius 1 is 1.47 bits per heavy atom. The van der Waals surface area contributed by atoms with Crippen LogP contribution < -0.4 is 5.32 Å². The molecule has 0 amide bonds. The van der Waals surface area contributed by atoms with Gasteiger partial charge in [-0.15, -0.1) is 0 Å². The van der Waals surface area contributed by atoms with Crippen molar-refractivity contribution >= 4 is 0 Å². The average molecular weight is 208 g/mol. The van der Waals surface area contributed by atoms with Gasteiger partial charge < -0.3 is 15.5 Å². The average Bonchev–Trinajstić information content (AvgIpc) is 2.23. The molecule has 1 aliphatic rings. The second-order valence-corrected chi connectivity index (χ2v) is 4.00. The lowest BCUT2D eigenvalue weighted by atomic mass is 9.89. The number of hydrogen-bond acceptors (Lipinski definition) is 4. The summed E-state index contributed by atoms with van der Waals surface area (Å²) < 4.78 is 0. The van der Waals surface area contributed by atoms with Crippen molar-refractivity contribution in [1.29, 1.82) is 0 Å². The first-order valence-electron chi connectivity index (χ1n) is 5.26. The molecule has 0 radical (unpaired) electrons. The van der Waals surface area contributed by atoms with Crippen LogP contribution in [0.25, 0.3) is 0 Å². The number of aliphatic hydroxyl groups is 2. The zero-order valence-electron chi connectivity index (χ0n) is 8.50. The predicted molar refractivity (Wildman–Crippen MR) is 56.2 cm³/mol. The summed E-state index contributed by atoms with van der Waals surface area (Å²) in [6, 6.07) is 5.84. The van der Waals surface area contributed by atoms with Crippen molar-refractivity contribution in [2.45, 2.75) is 31.1 Å². The Balaban J connectivity index is 1.75. The molecule has 0 spiro atoms.